The molecule has 2 N–H and O–H groups in total. The van der Waals surface area contributed by atoms with Crippen molar-refractivity contribution in [3.63, 3.8) is 0 Å². The average molecular weight is 211 g/mol. The molecule has 0 aromatic heterocycles. The molecule has 0 bridgehead atoms. The molecule has 0 unspecified atom stereocenters. The van der Waals surface area contributed by atoms with Gasteiger partial charge in [0.15, 0.2) is 0 Å². The predicted molar refractivity (Wildman–Crippen MR) is 68.2 cm³/mol. The Labute approximate surface area is 96.9 Å². The Morgan fingerprint density at radius 2 is 1.19 bits per heavy atom. The van der Waals surface area contributed by atoms with Crippen molar-refractivity contribution in [1.29, 1.82) is 0 Å². The topological polar surface area (TPSA) is 26.0 Å². The maximum atomic E-state index is 6.27. The van der Waals surface area contributed by atoms with Gasteiger partial charge in [-0.15, -0.1) is 0 Å². The van der Waals surface area contributed by atoms with Crippen molar-refractivity contribution in [3.05, 3.63) is 71.8 Å². The van der Waals surface area contributed by atoms with Crippen LogP contribution >= 0.6 is 0 Å². The van der Waals surface area contributed by atoms with Gasteiger partial charge < -0.3 is 5.73 Å². The van der Waals surface area contributed by atoms with Crippen LogP contribution in [0.25, 0.3) is 0 Å². The molecule has 0 aliphatic heterocycles. The maximum Gasteiger partial charge on any atom is 0.0361 e. The first-order valence-electron chi connectivity index (χ1n) is 5.64. The molecular weight excluding hydrogens is 194 g/mol. The third-order valence-corrected chi connectivity index (χ3v) is 3.05. The van der Waals surface area contributed by atoms with Gasteiger partial charge in [0, 0.05) is 12.0 Å². The monoisotopic (exact) mass is 211 g/mol. The zero-order valence-corrected chi connectivity index (χ0v) is 9.51. The summed E-state index contributed by atoms with van der Waals surface area (Å²) in [4.78, 5) is 0. The molecule has 16 heavy (non-hydrogen) atoms. The van der Waals surface area contributed by atoms with E-state index in [2.05, 4.69) is 43.3 Å². The summed E-state index contributed by atoms with van der Waals surface area (Å²) < 4.78 is 0. The average Bonchev–Trinajstić information content (AvgIpc) is 2.39. The molecule has 82 valence electrons. The van der Waals surface area contributed by atoms with E-state index >= 15 is 0 Å². The standard InChI is InChI=1S/C15H17N/c1-12(13-8-4-2-5-9-13)15(16)14-10-6-3-7-11-14/h2-12,15H,16H2,1H3/t12-,15+/m0/s1. The van der Waals surface area contributed by atoms with Crippen LogP contribution in [0.2, 0.25) is 0 Å². The molecule has 2 atom stereocenters. The highest BCUT2D eigenvalue weighted by molar-refractivity contribution is 5.26. The van der Waals surface area contributed by atoms with Crippen LogP contribution in [0.15, 0.2) is 60.7 Å². The Morgan fingerprint density at radius 1 is 0.750 bits per heavy atom. The number of nitrogens with two attached hydrogens (primary N) is 1. The van der Waals surface area contributed by atoms with Crippen LogP contribution in [0, 0.1) is 0 Å². The molecule has 0 fully saturated rings. The Balaban J connectivity index is 2.20. The normalized spacial score (nSPS) is 14.4. The van der Waals surface area contributed by atoms with Crippen molar-refractivity contribution in [2.75, 3.05) is 0 Å². The lowest BCUT2D eigenvalue weighted by Crippen LogP contribution is -2.17. The van der Waals surface area contributed by atoms with Crippen LogP contribution in [0.3, 0.4) is 0 Å². The van der Waals surface area contributed by atoms with E-state index in [4.69, 9.17) is 5.73 Å². The summed E-state index contributed by atoms with van der Waals surface area (Å²) in [5.41, 5.74) is 8.75. The Bertz CT molecular complexity index is 378. The zero-order chi connectivity index (χ0) is 11.4. The second-order valence-electron chi connectivity index (χ2n) is 4.14. The SMILES string of the molecule is C[C@@H](c1ccccc1)[C@@H](N)c1ccccc1. The minimum Gasteiger partial charge on any atom is -0.323 e. The molecule has 1 nitrogen and oxygen atoms in total. The highest BCUT2D eigenvalue weighted by Crippen LogP contribution is 2.27. The van der Waals surface area contributed by atoms with Gasteiger partial charge in [0.05, 0.1) is 0 Å². The van der Waals surface area contributed by atoms with Gasteiger partial charge in [0.2, 0.25) is 0 Å². The van der Waals surface area contributed by atoms with Crippen molar-refractivity contribution in [3.8, 4) is 0 Å². The lowest BCUT2D eigenvalue weighted by atomic mass is 9.89. The third kappa shape index (κ3) is 2.31. The minimum absolute atomic E-state index is 0.0589. The van der Waals surface area contributed by atoms with Gasteiger partial charge in [-0.2, -0.15) is 0 Å². The van der Waals surface area contributed by atoms with Crippen LogP contribution in [0.5, 0.6) is 0 Å². The number of benzene rings is 2. The number of rotatable bonds is 3. The van der Waals surface area contributed by atoms with Gasteiger partial charge in [0.1, 0.15) is 0 Å². The molecule has 0 aliphatic carbocycles. The summed E-state index contributed by atoms with van der Waals surface area (Å²) in [7, 11) is 0. The first kappa shape index (κ1) is 10.9. The molecule has 1 heteroatoms. The fourth-order valence-electron chi connectivity index (χ4n) is 1.93. The van der Waals surface area contributed by atoms with Crippen molar-refractivity contribution in [2.24, 2.45) is 5.73 Å². The van der Waals surface area contributed by atoms with E-state index in [1.165, 1.54) is 11.1 Å². The summed E-state index contributed by atoms with van der Waals surface area (Å²) in [6.45, 7) is 2.17. The second kappa shape index (κ2) is 4.95. The van der Waals surface area contributed by atoms with Crippen LogP contribution in [-0.4, -0.2) is 0 Å². The lowest BCUT2D eigenvalue weighted by molar-refractivity contribution is 0.598. The second-order valence-corrected chi connectivity index (χ2v) is 4.14. The van der Waals surface area contributed by atoms with E-state index < -0.39 is 0 Å². The van der Waals surface area contributed by atoms with E-state index in [1.807, 2.05) is 24.3 Å². The molecule has 0 saturated heterocycles. The Hall–Kier alpha value is -1.60. The van der Waals surface area contributed by atoms with Crippen LogP contribution in [0.4, 0.5) is 0 Å². The molecule has 2 rings (SSSR count). The summed E-state index contributed by atoms with van der Waals surface area (Å²) >= 11 is 0. The van der Waals surface area contributed by atoms with Gasteiger partial charge in [-0.1, -0.05) is 67.6 Å². The molecule has 0 spiro atoms. The quantitative estimate of drug-likeness (QED) is 0.826. The first-order valence-corrected chi connectivity index (χ1v) is 5.64. The van der Waals surface area contributed by atoms with Crippen LogP contribution in [0.1, 0.15) is 30.0 Å². The van der Waals surface area contributed by atoms with Crippen molar-refractivity contribution in [2.45, 2.75) is 18.9 Å². The van der Waals surface area contributed by atoms with Gasteiger partial charge >= 0.3 is 0 Å². The fraction of sp³-hybridized carbons (Fsp3) is 0.200. The van der Waals surface area contributed by atoms with Crippen molar-refractivity contribution < 1.29 is 0 Å². The lowest BCUT2D eigenvalue weighted by Gasteiger charge is -2.20. The molecule has 2 aromatic carbocycles. The zero-order valence-electron chi connectivity index (χ0n) is 9.51. The molecule has 0 saturated carbocycles. The van der Waals surface area contributed by atoms with Gasteiger partial charge in [-0.25, -0.2) is 0 Å². The maximum absolute atomic E-state index is 6.27. The number of hydrogen-bond donors (Lipinski definition) is 1. The summed E-state index contributed by atoms with van der Waals surface area (Å²) in [6.07, 6.45) is 0. The van der Waals surface area contributed by atoms with E-state index in [-0.39, 0.29) is 6.04 Å². The van der Waals surface area contributed by atoms with E-state index in [1.54, 1.807) is 0 Å². The number of hydrogen-bond acceptors (Lipinski definition) is 1. The van der Waals surface area contributed by atoms with Crippen LogP contribution < -0.4 is 5.73 Å². The summed E-state index contributed by atoms with van der Waals surface area (Å²) in [5.74, 6) is 0.337. The molecule has 2 aromatic rings. The summed E-state index contributed by atoms with van der Waals surface area (Å²) in [6, 6.07) is 20.7. The highest BCUT2D eigenvalue weighted by Gasteiger charge is 2.15. The van der Waals surface area contributed by atoms with Crippen molar-refractivity contribution >= 4 is 0 Å². The Kier molecular flexibility index (Phi) is 3.37. The van der Waals surface area contributed by atoms with Gasteiger partial charge in [-0.3, -0.25) is 0 Å². The molecule has 0 aliphatic rings. The predicted octanol–water partition coefficient (Wildman–Crippen LogP) is 3.49. The van der Waals surface area contributed by atoms with Gasteiger partial charge in [0.25, 0.3) is 0 Å². The van der Waals surface area contributed by atoms with Crippen LogP contribution in [-0.2, 0) is 0 Å². The third-order valence-electron chi connectivity index (χ3n) is 3.05. The van der Waals surface area contributed by atoms with E-state index in [0.29, 0.717) is 5.92 Å². The van der Waals surface area contributed by atoms with E-state index in [9.17, 15) is 0 Å². The summed E-state index contributed by atoms with van der Waals surface area (Å²) in [5, 5.41) is 0. The molecule has 0 amide bonds. The smallest absolute Gasteiger partial charge is 0.0361 e. The first-order chi connectivity index (χ1) is 7.79. The molecule has 0 heterocycles. The fourth-order valence-corrected chi connectivity index (χ4v) is 1.93. The molecular formula is C15H17N. The largest absolute Gasteiger partial charge is 0.323 e. The van der Waals surface area contributed by atoms with Gasteiger partial charge in [-0.05, 0) is 11.1 Å². The molecule has 0 radical (unpaired) electrons. The van der Waals surface area contributed by atoms with E-state index in [0.717, 1.165) is 0 Å². The minimum atomic E-state index is 0.0589. The van der Waals surface area contributed by atoms with Crippen molar-refractivity contribution in [1.82, 2.24) is 0 Å². The highest BCUT2D eigenvalue weighted by atomic mass is 14.6. The Morgan fingerprint density at radius 3 is 1.69 bits per heavy atom.